The first-order chi connectivity index (χ1) is 13.3. The van der Waals surface area contributed by atoms with Gasteiger partial charge >= 0.3 is 6.11 Å². The van der Waals surface area contributed by atoms with E-state index in [1.54, 1.807) is 18.2 Å². The molecule has 1 heterocycles. The molecule has 0 bridgehead atoms. The van der Waals surface area contributed by atoms with Crippen LogP contribution >= 0.6 is 11.3 Å². The van der Waals surface area contributed by atoms with Gasteiger partial charge in [0.1, 0.15) is 5.75 Å². The lowest BCUT2D eigenvalue weighted by Crippen LogP contribution is -2.21. The Morgan fingerprint density at radius 3 is 2.18 bits per heavy atom. The number of rotatable bonds is 4. The quantitative estimate of drug-likeness (QED) is 0.284. The van der Waals surface area contributed by atoms with Crippen molar-refractivity contribution in [2.24, 2.45) is 0 Å². The highest BCUT2D eigenvalue weighted by atomic mass is 32.1. The maximum absolute atomic E-state index is 14.5. The third kappa shape index (κ3) is 3.43. The molecule has 3 aromatic carbocycles. The summed E-state index contributed by atoms with van der Waals surface area (Å²) in [6, 6.07) is 15.2. The van der Waals surface area contributed by atoms with E-state index in [0.717, 1.165) is 11.1 Å². The maximum atomic E-state index is 14.5. The van der Waals surface area contributed by atoms with Crippen molar-refractivity contribution in [1.29, 1.82) is 0 Å². The van der Waals surface area contributed by atoms with Crippen LogP contribution in [0.3, 0.4) is 0 Å². The van der Waals surface area contributed by atoms with E-state index in [0.29, 0.717) is 33.7 Å². The normalized spacial score (nSPS) is 11.8. The van der Waals surface area contributed by atoms with Gasteiger partial charge in [-0.05, 0) is 23.3 Å². The highest BCUT2D eigenvalue weighted by Crippen LogP contribution is 2.38. The molecule has 0 saturated heterocycles. The summed E-state index contributed by atoms with van der Waals surface area (Å²) in [5.41, 5.74) is 2.08. The van der Waals surface area contributed by atoms with Crippen LogP contribution in [0.4, 0.5) is 22.0 Å². The van der Waals surface area contributed by atoms with Gasteiger partial charge in [-0.3, -0.25) is 0 Å². The molecule has 0 radical (unpaired) electrons. The second kappa shape index (κ2) is 6.87. The average molecular weight is 407 g/mol. The lowest BCUT2D eigenvalue weighted by atomic mass is 10.1. The molecule has 0 aliphatic rings. The van der Waals surface area contributed by atoms with Crippen LogP contribution in [0.15, 0.2) is 60.7 Å². The van der Waals surface area contributed by atoms with Crippen molar-refractivity contribution in [3.8, 4) is 16.9 Å². The fourth-order valence-electron chi connectivity index (χ4n) is 2.64. The lowest BCUT2D eigenvalue weighted by molar-refractivity contribution is -0.185. The summed E-state index contributed by atoms with van der Waals surface area (Å²) in [5, 5.41) is -0.683. The molecule has 0 N–H and O–H groups in total. The number of ether oxygens (including phenoxy) is 1. The predicted octanol–water partition coefficient (Wildman–Crippen LogP) is 6.51. The van der Waals surface area contributed by atoms with Crippen molar-refractivity contribution in [2.45, 2.75) is 6.11 Å². The molecule has 28 heavy (non-hydrogen) atoms. The first-order valence-electron chi connectivity index (χ1n) is 8.01. The van der Waals surface area contributed by atoms with E-state index in [2.05, 4.69) is 9.72 Å². The van der Waals surface area contributed by atoms with Gasteiger partial charge in [-0.1, -0.05) is 36.4 Å². The van der Waals surface area contributed by atoms with Gasteiger partial charge in [0.25, 0.3) is 0 Å². The maximum Gasteiger partial charge on any atom is 0.454 e. The van der Waals surface area contributed by atoms with Crippen LogP contribution in [0, 0.1) is 17.5 Å². The molecule has 0 aliphatic carbocycles. The molecular formula is C20H10F5NOS. The molecule has 8 heteroatoms. The third-order valence-corrected chi connectivity index (χ3v) is 5.02. The van der Waals surface area contributed by atoms with E-state index < -0.39 is 34.3 Å². The minimum Gasteiger partial charge on any atom is -0.427 e. The van der Waals surface area contributed by atoms with Gasteiger partial charge in [0.15, 0.2) is 17.5 Å². The Labute approximate surface area is 159 Å². The summed E-state index contributed by atoms with van der Waals surface area (Å²) in [6.45, 7) is 0. The number of aromatic nitrogens is 1. The molecular weight excluding hydrogens is 397 g/mol. The molecule has 0 unspecified atom stereocenters. The first kappa shape index (κ1) is 18.4. The van der Waals surface area contributed by atoms with Crippen LogP contribution in [0.2, 0.25) is 0 Å². The summed E-state index contributed by atoms with van der Waals surface area (Å²) in [7, 11) is 0. The van der Waals surface area contributed by atoms with Gasteiger partial charge in [0, 0.05) is 12.1 Å². The molecule has 2 nitrogen and oxygen atoms in total. The van der Waals surface area contributed by atoms with Crippen molar-refractivity contribution < 1.29 is 26.7 Å². The van der Waals surface area contributed by atoms with Crippen LogP contribution in [0.25, 0.3) is 21.3 Å². The highest BCUT2D eigenvalue weighted by molar-refractivity contribution is 7.18. The van der Waals surface area contributed by atoms with E-state index in [1.165, 1.54) is 0 Å². The number of hydrogen-bond donors (Lipinski definition) is 0. The van der Waals surface area contributed by atoms with Crippen LogP contribution in [-0.2, 0) is 6.11 Å². The van der Waals surface area contributed by atoms with Gasteiger partial charge in [0.05, 0.1) is 10.2 Å². The molecule has 0 aliphatic heterocycles. The minimum absolute atomic E-state index is 0.333. The van der Waals surface area contributed by atoms with Gasteiger partial charge < -0.3 is 4.74 Å². The molecule has 0 fully saturated rings. The van der Waals surface area contributed by atoms with E-state index in [-0.39, 0.29) is 0 Å². The van der Waals surface area contributed by atoms with Gasteiger partial charge in [0.2, 0.25) is 5.01 Å². The largest absolute Gasteiger partial charge is 0.454 e. The summed E-state index contributed by atoms with van der Waals surface area (Å²) < 4.78 is 73.3. The summed E-state index contributed by atoms with van der Waals surface area (Å²) in [6.07, 6.45) is -3.95. The first-order valence-corrected chi connectivity index (χ1v) is 8.83. The second-order valence-corrected chi connectivity index (χ2v) is 6.92. The molecule has 0 atom stereocenters. The predicted molar refractivity (Wildman–Crippen MR) is 95.9 cm³/mol. The molecule has 0 amide bonds. The van der Waals surface area contributed by atoms with E-state index in [4.69, 9.17) is 0 Å². The van der Waals surface area contributed by atoms with Crippen LogP contribution in [0.1, 0.15) is 5.01 Å². The van der Waals surface area contributed by atoms with Crippen molar-refractivity contribution in [3.63, 3.8) is 0 Å². The zero-order valence-electron chi connectivity index (χ0n) is 13.9. The summed E-state index contributed by atoms with van der Waals surface area (Å²) in [5.74, 6) is -5.85. The van der Waals surface area contributed by atoms with E-state index in [1.807, 2.05) is 30.3 Å². The SMILES string of the molecule is Fc1cc(OC(F)(F)c2nc3ccc(-c4ccccc4)cc3s2)cc(F)c1F. The smallest absolute Gasteiger partial charge is 0.427 e. The Hall–Kier alpha value is -3.00. The second-order valence-electron chi connectivity index (χ2n) is 5.89. The van der Waals surface area contributed by atoms with Crippen LogP contribution in [-0.4, -0.2) is 4.98 Å². The van der Waals surface area contributed by atoms with E-state index in [9.17, 15) is 22.0 Å². The minimum atomic E-state index is -3.95. The third-order valence-electron chi connectivity index (χ3n) is 3.95. The number of benzene rings is 3. The zero-order valence-corrected chi connectivity index (χ0v) is 14.7. The van der Waals surface area contributed by atoms with Crippen LogP contribution < -0.4 is 4.74 Å². The fourth-order valence-corrected chi connectivity index (χ4v) is 3.56. The number of alkyl halides is 2. The van der Waals surface area contributed by atoms with Crippen molar-refractivity contribution in [3.05, 3.63) is 83.1 Å². The van der Waals surface area contributed by atoms with E-state index >= 15 is 0 Å². The number of thiazole rings is 1. The number of fused-ring (bicyclic) bond motifs is 1. The standard InChI is InChI=1S/C20H10F5NOS/c21-14-9-13(10-15(22)18(14)23)27-20(24,25)19-26-16-7-6-12(8-17(16)28-19)11-4-2-1-3-5-11/h1-10H. The number of hydrogen-bond acceptors (Lipinski definition) is 3. The van der Waals surface area contributed by atoms with Crippen LogP contribution in [0.5, 0.6) is 5.75 Å². The Kier molecular flexibility index (Phi) is 4.50. The monoisotopic (exact) mass is 407 g/mol. The molecule has 0 saturated carbocycles. The zero-order chi connectivity index (χ0) is 19.9. The number of halogens is 5. The van der Waals surface area contributed by atoms with Crippen molar-refractivity contribution in [1.82, 2.24) is 4.98 Å². The van der Waals surface area contributed by atoms with Gasteiger partial charge in [-0.25, -0.2) is 18.2 Å². The Morgan fingerprint density at radius 2 is 1.50 bits per heavy atom. The lowest BCUT2D eigenvalue weighted by Gasteiger charge is -2.15. The van der Waals surface area contributed by atoms with Crippen molar-refractivity contribution in [2.75, 3.05) is 0 Å². The van der Waals surface area contributed by atoms with Gasteiger partial charge in [-0.2, -0.15) is 8.78 Å². The van der Waals surface area contributed by atoms with Gasteiger partial charge in [-0.15, -0.1) is 11.3 Å². The van der Waals surface area contributed by atoms with Crippen molar-refractivity contribution >= 4 is 21.6 Å². The fraction of sp³-hybridized carbons (Fsp3) is 0.0500. The topological polar surface area (TPSA) is 22.1 Å². The Morgan fingerprint density at radius 1 is 0.821 bits per heavy atom. The number of nitrogens with zero attached hydrogens (tertiary/aromatic N) is 1. The summed E-state index contributed by atoms with van der Waals surface area (Å²) >= 11 is 0.696. The Bertz CT molecular complexity index is 1140. The average Bonchev–Trinajstić information content (AvgIpc) is 3.11. The summed E-state index contributed by atoms with van der Waals surface area (Å²) in [4.78, 5) is 3.86. The molecule has 4 aromatic rings. The Balaban J connectivity index is 1.68. The molecule has 142 valence electrons. The molecule has 0 spiro atoms. The molecule has 1 aromatic heterocycles. The molecule has 4 rings (SSSR count). The highest BCUT2D eigenvalue weighted by Gasteiger charge is 2.39.